The van der Waals surface area contributed by atoms with E-state index < -0.39 is 22.5 Å². The van der Waals surface area contributed by atoms with Crippen molar-refractivity contribution in [1.82, 2.24) is 0 Å². The van der Waals surface area contributed by atoms with Gasteiger partial charge >= 0.3 is 0 Å². The third-order valence-electron chi connectivity index (χ3n) is 5.23. The minimum atomic E-state index is -4.11. The predicted molar refractivity (Wildman–Crippen MR) is 128 cm³/mol. The molecule has 0 aliphatic rings. The Morgan fingerprint density at radius 3 is 2.22 bits per heavy atom. The number of carbonyl (C=O) groups excluding carboxylic acids is 1. The molecule has 3 aromatic carbocycles. The maximum absolute atomic E-state index is 13.4. The fraction of sp³-hybridized carbons (Fsp3) is 0.269. The van der Waals surface area contributed by atoms with Gasteiger partial charge in [0.2, 0.25) is 0 Å². The Morgan fingerprint density at radius 1 is 0.969 bits per heavy atom. The Labute approximate surface area is 190 Å². The van der Waals surface area contributed by atoms with Gasteiger partial charge in [0.1, 0.15) is 5.75 Å². The SMILES string of the molecule is CCc1ccc(N(C(=O)COc2cc(C)ccc2C(C)C)S(=O)(=O)c2ccccc2)cc1. The molecule has 3 aromatic rings. The fourth-order valence-electron chi connectivity index (χ4n) is 3.42. The first-order valence-electron chi connectivity index (χ1n) is 10.7. The van der Waals surface area contributed by atoms with E-state index in [1.165, 1.54) is 12.1 Å². The standard InChI is InChI=1S/C26H29NO4S/c1-5-21-12-14-22(15-13-21)27(32(29,30)23-9-7-6-8-10-23)26(28)18-31-25-17-20(4)11-16-24(25)19(2)3/h6-17,19H,5,18H2,1-4H3. The molecule has 6 heteroatoms. The van der Waals surface area contributed by atoms with Crippen LogP contribution in [0.5, 0.6) is 5.75 Å². The lowest BCUT2D eigenvalue weighted by Crippen LogP contribution is -2.40. The summed E-state index contributed by atoms with van der Waals surface area (Å²) in [4.78, 5) is 13.3. The molecule has 0 atom stereocenters. The number of hydrogen-bond donors (Lipinski definition) is 0. The molecule has 3 rings (SSSR count). The van der Waals surface area contributed by atoms with Crippen molar-refractivity contribution in [2.45, 2.75) is 44.9 Å². The van der Waals surface area contributed by atoms with Crippen molar-refractivity contribution in [3.05, 3.63) is 89.5 Å². The van der Waals surface area contributed by atoms with E-state index in [0.717, 1.165) is 27.4 Å². The van der Waals surface area contributed by atoms with Gasteiger partial charge in [0.05, 0.1) is 10.6 Å². The number of aryl methyl sites for hydroxylation is 2. The van der Waals surface area contributed by atoms with E-state index in [9.17, 15) is 13.2 Å². The number of rotatable bonds is 8. The van der Waals surface area contributed by atoms with Crippen molar-refractivity contribution in [3.8, 4) is 5.75 Å². The summed E-state index contributed by atoms with van der Waals surface area (Å²) in [5.74, 6) is 0.132. The van der Waals surface area contributed by atoms with E-state index in [1.807, 2.05) is 58.0 Å². The van der Waals surface area contributed by atoms with Crippen LogP contribution in [0.2, 0.25) is 0 Å². The zero-order chi connectivity index (χ0) is 23.3. The van der Waals surface area contributed by atoms with Gasteiger partial charge < -0.3 is 4.74 Å². The van der Waals surface area contributed by atoms with E-state index in [0.29, 0.717) is 5.75 Å². The molecule has 0 spiro atoms. The Morgan fingerprint density at radius 2 is 1.62 bits per heavy atom. The Balaban J connectivity index is 1.97. The highest BCUT2D eigenvalue weighted by Gasteiger charge is 2.31. The van der Waals surface area contributed by atoms with Crippen molar-refractivity contribution < 1.29 is 17.9 Å². The van der Waals surface area contributed by atoms with Gasteiger partial charge in [0.15, 0.2) is 6.61 Å². The zero-order valence-corrected chi connectivity index (χ0v) is 19.7. The normalized spacial score (nSPS) is 11.4. The van der Waals surface area contributed by atoms with Gasteiger partial charge in [0, 0.05) is 0 Å². The third-order valence-corrected chi connectivity index (χ3v) is 6.99. The number of sulfonamides is 1. The highest BCUT2D eigenvalue weighted by atomic mass is 32.2. The number of hydrogen-bond acceptors (Lipinski definition) is 4. The Bertz CT molecular complexity index is 1170. The first-order chi connectivity index (χ1) is 15.2. The molecule has 0 aromatic heterocycles. The van der Waals surface area contributed by atoms with Crippen LogP contribution in [-0.2, 0) is 21.2 Å². The molecule has 32 heavy (non-hydrogen) atoms. The molecule has 1 amide bonds. The highest BCUT2D eigenvalue weighted by Crippen LogP contribution is 2.29. The molecule has 0 bridgehead atoms. The number of amides is 1. The van der Waals surface area contributed by atoms with E-state index in [4.69, 9.17) is 4.74 Å². The van der Waals surface area contributed by atoms with Gasteiger partial charge in [-0.25, -0.2) is 8.42 Å². The number of carbonyl (C=O) groups is 1. The van der Waals surface area contributed by atoms with Crippen molar-refractivity contribution in [2.24, 2.45) is 0 Å². The molecule has 0 heterocycles. The van der Waals surface area contributed by atoms with Crippen molar-refractivity contribution in [3.63, 3.8) is 0 Å². The maximum atomic E-state index is 13.4. The summed E-state index contributed by atoms with van der Waals surface area (Å²) < 4.78 is 33.5. The number of benzene rings is 3. The van der Waals surface area contributed by atoms with Crippen LogP contribution in [-0.4, -0.2) is 20.9 Å². The minimum absolute atomic E-state index is 0.0475. The molecular weight excluding hydrogens is 422 g/mol. The van der Waals surface area contributed by atoms with Gasteiger partial charge in [-0.1, -0.05) is 63.2 Å². The van der Waals surface area contributed by atoms with Crippen LogP contribution in [0.15, 0.2) is 77.7 Å². The number of ether oxygens (including phenoxy) is 1. The number of anilines is 1. The predicted octanol–water partition coefficient (Wildman–Crippen LogP) is 5.48. The van der Waals surface area contributed by atoms with Crippen LogP contribution in [0.3, 0.4) is 0 Å². The van der Waals surface area contributed by atoms with E-state index in [1.54, 1.807) is 30.3 Å². The van der Waals surface area contributed by atoms with Gasteiger partial charge in [-0.05, 0) is 66.3 Å². The van der Waals surface area contributed by atoms with Crippen molar-refractivity contribution in [2.75, 3.05) is 10.9 Å². The van der Waals surface area contributed by atoms with Crippen LogP contribution < -0.4 is 9.04 Å². The topological polar surface area (TPSA) is 63.7 Å². The summed E-state index contributed by atoms with van der Waals surface area (Å²) in [7, 11) is -4.11. The second-order valence-electron chi connectivity index (χ2n) is 7.98. The summed E-state index contributed by atoms with van der Waals surface area (Å²) in [6, 6.07) is 20.8. The highest BCUT2D eigenvalue weighted by molar-refractivity contribution is 7.93. The molecule has 168 valence electrons. The quantitative estimate of drug-likeness (QED) is 0.455. The van der Waals surface area contributed by atoms with Crippen molar-refractivity contribution in [1.29, 1.82) is 0 Å². The summed E-state index contributed by atoms with van der Waals surface area (Å²) in [6.07, 6.45) is 0.814. The monoisotopic (exact) mass is 451 g/mol. The van der Waals surface area contributed by atoms with Gasteiger partial charge in [0.25, 0.3) is 15.9 Å². The molecule has 0 aliphatic carbocycles. The molecule has 0 N–H and O–H groups in total. The lowest BCUT2D eigenvalue weighted by Gasteiger charge is -2.23. The molecule has 0 saturated carbocycles. The first kappa shape index (κ1) is 23.5. The smallest absolute Gasteiger partial charge is 0.278 e. The van der Waals surface area contributed by atoms with Crippen LogP contribution in [0.4, 0.5) is 5.69 Å². The van der Waals surface area contributed by atoms with Crippen LogP contribution in [0.1, 0.15) is 43.4 Å². The zero-order valence-electron chi connectivity index (χ0n) is 18.9. The first-order valence-corrected chi connectivity index (χ1v) is 12.1. The third kappa shape index (κ3) is 5.19. The van der Waals surface area contributed by atoms with E-state index >= 15 is 0 Å². The minimum Gasteiger partial charge on any atom is -0.483 e. The lowest BCUT2D eigenvalue weighted by atomic mass is 10.0. The fourth-order valence-corrected chi connectivity index (χ4v) is 4.86. The van der Waals surface area contributed by atoms with Crippen LogP contribution in [0.25, 0.3) is 0 Å². The average molecular weight is 452 g/mol. The largest absolute Gasteiger partial charge is 0.483 e. The van der Waals surface area contributed by atoms with Crippen molar-refractivity contribution >= 4 is 21.6 Å². The summed E-state index contributed by atoms with van der Waals surface area (Å²) in [5, 5.41) is 0. The lowest BCUT2D eigenvalue weighted by molar-refractivity contribution is -0.119. The van der Waals surface area contributed by atoms with Crippen LogP contribution in [0, 0.1) is 6.92 Å². The molecule has 5 nitrogen and oxygen atoms in total. The molecule has 0 unspecified atom stereocenters. The van der Waals surface area contributed by atoms with E-state index in [-0.39, 0.29) is 16.5 Å². The summed E-state index contributed by atoms with van der Waals surface area (Å²) in [6.45, 7) is 7.65. The molecular formula is C26H29NO4S. The van der Waals surface area contributed by atoms with E-state index in [2.05, 4.69) is 0 Å². The summed E-state index contributed by atoms with van der Waals surface area (Å²) >= 11 is 0. The maximum Gasteiger partial charge on any atom is 0.278 e. The molecule has 0 fully saturated rings. The van der Waals surface area contributed by atoms with Gasteiger partial charge in [-0.15, -0.1) is 0 Å². The van der Waals surface area contributed by atoms with Gasteiger partial charge in [-0.3, -0.25) is 4.79 Å². The van der Waals surface area contributed by atoms with Gasteiger partial charge in [-0.2, -0.15) is 4.31 Å². The average Bonchev–Trinajstić information content (AvgIpc) is 2.78. The molecule has 0 saturated heterocycles. The second-order valence-corrected chi connectivity index (χ2v) is 9.77. The van der Waals surface area contributed by atoms with Crippen LogP contribution >= 0.6 is 0 Å². The summed E-state index contributed by atoms with van der Waals surface area (Å²) in [5.41, 5.74) is 3.30. The Hall–Kier alpha value is -3.12. The second kappa shape index (κ2) is 10.0. The Kier molecular flexibility index (Phi) is 7.36. The molecule has 0 aliphatic heterocycles. The molecule has 0 radical (unpaired) electrons. The number of nitrogens with zero attached hydrogens (tertiary/aromatic N) is 1.